The molecule has 0 fully saturated rings. The van der Waals surface area contributed by atoms with Gasteiger partial charge < -0.3 is 9.47 Å². The van der Waals surface area contributed by atoms with E-state index < -0.39 is 9.84 Å². The molecule has 0 N–H and O–H groups in total. The van der Waals surface area contributed by atoms with E-state index in [0.717, 1.165) is 0 Å². The highest BCUT2D eigenvalue weighted by Crippen LogP contribution is 2.24. The number of benzene rings is 1. The second-order valence-electron chi connectivity index (χ2n) is 3.54. The minimum absolute atomic E-state index is 0.00808. The largest absolute Gasteiger partial charge is 0.497 e. The van der Waals surface area contributed by atoms with Crippen LogP contribution in [0, 0.1) is 0 Å². The Balaban J connectivity index is 2.81. The van der Waals surface area contributed by atoms with E-state index in [1.54, 1.807) is 18.2 Å². The highest BCUT2D eigenvalue weighted by Gasteiger charge is 2.14. The number of methoxy groups -OCH3 is 2. The fraction of sp³-hybridized carbons (Fsp3) is 0.455. The van der Waals surface area contributed by atoms with Gasteiger partial charge in [0.2, 0.25) is 0 Å². The predicted molar refractivity (Wildman–Crippen MR) is 67.4 cm³/mol. The molecule has 0 aliphatic rings. The minimum Gasteiger partial charge on any atom is -0.497 e. The average molecular weight is 279 g/mol. The van der Waals surface area contributed by atoms with Gasteiger partial charge in [0, 0.05) is 12.1 Å². The third kappa shape index (κ3) is 4.53. The fourth-order valence-electron chi connectivity index (χ4n) is 1.29. The number of hydrogen-bond donors (Lipinski definition) is 0. The van der Waals surface area contributed by atoms with Crippen LogP contribution in [0.25, 0.3) is 0 Å². The molecule has 1 rings (SSSR count). The Kier molecular flexibility index (Phi) is 5.24. The second kappa shape index (κ2) is 6.23. The van der Waals surface area contributed by atoms with Crippen LogP contribution < -0.4 is 4.74 Å². The lowest BCUT2D eigenvalue weighted by molar-refractivity contribution is 0.217. The predicted octanol–water partition coefficient (Wildman–Crippen LogP) is 1.91. The summed E-state index contributed by atoms with van der Waals surface area (Å²) in [7, 11) is -0.193. The zero-order valence-electron chi connectivity index (χ0n) is 9.77. The van der Waals surface area contributed by atoms with Crippen molar-refractivity contribution in [3.05, 3.63) is 28.8 Å². The summed E-state index contributed by atoms with van der Waals surface area (Å²) in [5.74, 6) is 0.512. The molecule has 0 aromatic heterocycles. The number of hydrogen-bond acceptors (Lipinski definition) is 4. The lowest BCUT2D eigenvalue weighted by Crippen LogP contribution is -2.13. The van der Waals surface area contributed by atoms with Gasteiger partial charge in [-0.15, -0.1) is 0 Å². The zero-order valence-corrected chi connectivity index (χ0v) is 11.3. The highest BCUT2D eigenvalue weighted by atomic mass is 35.5. The Morgan fingerprint density at radius 3 is 2.53 bits per heavy atom. The van der Waals surface area contributed by atoms with Gasteiger partial charge in [0.25, 0.3) is 0 Å². The molecular weight excluding hydrogens is 264 g/mol. The Morgan fingerprint density at radius 2 is 2.00 bits per heavy atom. The van der Waals surface area contributed by atoms with Crippen molar-refractivity contribution in [2.24, 2.45) is 0 Å². The highest BCUT2D eigenvalue weighted by molar-refractivity contribution is 7.90. The van der Waals surface area contributed by atoms with Crippen LogP contribution in [0.15, 0.2) is 18.2 Å². The van der Waals surface area contributed by atoms with Gasteiger partial charge in [-0.25, -0.2) is 8.42 Å². The third-order valence-corrected chi connectivity index (χ3v) is 4.13. The third-order valence-electron chi connectivity index (χ3n) is 2.23. The molecule has 17 heavy (non-hydrogen) atoms. The SMILES string of the molecule is COCCS(=O)(=O)Cc1ccc(OC)cc1Cl. The van der Waals surface area contributed by atoms with Crippen LogP contribution in [0.2, 0.25) is 5.02 Å². The topological polar surface area (TPSA) is 52.6 Å². The molecule has 4 nitrogen and oxygen atoms in total. The number of rotatable bonds is 6. The van der Waals surface area contributed by atoms with Gasteiger partial charge >= 0.3 is 0 Å². The molecule has 0 heterocycles. The molecule has 0 bridgehead atoms. The van der Waals surface area contributed by atoms with Crippen LogP contribution in [0.3, 0.4) is 0 Å². The summed E-state index contributed by atoms with van der Waals surface area (Å²) in [6.07, 6.45) is 0. The lowest BCUT2D eigenvalue weighted by atomic mass is 10.2. The molecule has 0 saturated heterocycles. The van der Waals surface area contributed by atoms with Gasteiger partial charge in [-0.1, -0.05) is 17.7 Å². The van der Waals surface area contributed by atoms with Crippen molar-refractivity contribution in [2.45, 2.75) is 5.75 Å². The van der Waals surface area contributed by atoms with E-state index in [1.165, 1.54) is 14.2 Å². The normalized spacial score (nSPS) is 11.5. The number of sulfone groups is 1. The summed E-state index contributed by atoms with van der Waals surface area (Å²) in [5.41, 5.74) is 0.573. The van der Waals surface area contributed by atoms with Crippen molar-refractivity contribution in [3.63, 3.8) is 0 Å². The van der Waals surface area contributed by atoms with Gasteiger partial charge in [-0.3, -0.25) is 0 Å². The van der Waals surface area contributed by atoms with E-state index in [4.69, 9.17) is 21.1 Å². The molecule has 0 atom stereocenters. The quantitative estimate of drug-likeness (QED) is 0.798. The van der Waals surface area contributed by atoms with E-state index >= 15 is 0 Å². The summed E-state index contributed by atoms with van der Waals surface area (Å²) >= 11 is 5.97. The van der Waals surface area contributed by atoms with E-state index in [-0.39, 0.29) is 18.1 Å². The van der Waals surface area contributed by atoms with E-state index in [0.29, 0.717) is 16.3 Å². The first-order valence-electron chi connectivity index (χ1n) is 5.00. The first-order chi connectivity index (χ1) is 7.98. The Labute approximate surface area is 106 Å². The van der Waals surface area contributed by atoms with E-state index in [2.05, 4.69) is 0 Å². The van der Waals surface area contributed by atoms with Crippen LogP contribution in [0.4, 0.5) is 0 Å². The molecule has 0 unspecified atom stereocenters. The summed E-state index contributed by atoms with van der Waals surface area (Å²) in [6, 6.07) is 4.95. The first-order valence-corrected chi connectivity index (χ1v) is 7.20. The molecule has 1 aromatic rings. The Morgan fingerprint density at radius 1 is 1.29 bits per heavy atom. The number of ether oxygens (including phenoxy) is 2. The van der Waals surface area contributed by atoms with Crippen molar-refractivity contribution in [2.75, 3.05) is 26.6 Å². The Hall–Kier alpha value is -0.780. The molecule has 96 valence electrons. The van der Waals surface area contributed by atoms with Crippen molar-refractivity contribution >= 4 is 21.4 Å². The summed E-state index contributed by atoms with van der Waals surface area (Å²) in [4.78, 5) is 0. The van der Waals surface area contributed by atoms with Gasteiger partial charge in [0.1, 0.15) is 5.75 Å². The van der Waals surface area contributed by atoms with Crippen LogP contribution in [-0.2, 0) is 20.3 Å². The van der Waals surface area contributed by atoms with Gasteiger partial charge in [0.05, 0.1) is 25.2 Å². The molecule has 0 saturated carbocycles. The summed E-state index contributed by atoms with van der Waals surface area (Å²) < 4.78 is 33.1. The first kappa shape index (κ1) is 14.3. The molecule has 0 spiro atoms. The monoisotopic (exact) mass is 278 g/mol. The van der Waals surface area contributed by atoms with Gasteiger partial charge in [-0.05, 0) is 17.7 Å². The maximum atomic E-state index is 11.7. The van der Waals surface area contributed by atoms with E-state index in [1.807, 2.05) is 0 Å². The maximum Gasteiger partial charge on any atom is 0.156 e. The molecule has 1 aromatic carbocycles. The van der Waals surface area contributed by atoms with Crippen molar-refractivity contribution in [1.29, 1.82) is 0 Å². The maximum absolute atomic E-state index is 11.7. The Bertz CT molecular complexity index is 470. The lowest BCUT2D eigenvalue weighted by Gasteiger charge is -2.07. The van der Waals surface area contributed by atoms with Crippen LogP contribution in [0.5, 0.6) is 5.75 Å². The molecule has 0 aliphatic heterocycles. The summed E-state index contributed by atoms with van der Waals surface area (Å²) in [6.45, 7) is 0.191. The number of halogens is 1. The van der Waals surface area contributed by atoms with Crippen LogP contribution in [-0.4, -0.2) is 35.0 Å². The van der Waals surface area contributed by atoms with Crippen molar-refractivity contribution in [3.8, 4) is 5.75 Å². The van der Waals surface area contributed by atoms with Crippen LogP contribution >= 0.6 is 11.6 Å². The second-order valence-corrected chi connectivity index (χ2v) is 6.13. The molecular formula is C11H15ClO4S. The van der Waals surface area contributed by atoms with Crippen LogP contribution in [0.1, 0.15) is 5.56 Å². The molecule has 6 heteroatoms. The standard InChI is InChI=1S/C11H15ClO4S/c1-15-5-6-17(13,14)8-9-3-4-10(16-2)7-11(9)12/h3-4,7H,5-6,8H2,1-2H3. The van der Waals surface area contributed by atoms with Gasteiger partial charge in [-0.2, -0.15) is 0 Å². The smallest absolute Gasteiger partial charge is 0.156 e. The van der Waals surface area contributed by atoms with Crippen molar-refractivity contribution in [1.82, 2.24) is 0 Å². The van der Waals surface area contributed by atoms with Crippen molar-refractivity contribution < 1.29 is 17.9 Å². The molecule has 0 aliphatic carbocycles. The minimum atomic E-state index is -3.19. The zero-order chi connectivity index (χ0) is 12.9. The van der Waals surface area contributed by atoms with Gasteiger partial charge in [0.15, 0.2) is 9.84 Å². The summed E-state index contributed by atoms with van der Waals surface area (Å²) in [5, 5.41) is 0.394. The fourth-order valence-corrected chi connectivity index (χ4v) is 2.90. The molecule has 0 radical (unpaired) electrons. The average Bonchev–Trinajstić information content (AvgIpc) is 2.29. The molecule has 0 amide bonds. The van der Waals surface area contributed by atoms with E-state index in [9.17, 15) is 8.42 Å².